The van der Waals surface area contributed by atoms with Gasteiger partial charge in [-0.2, -0.15) is 13.2 Å². The smallest absolute Gasteiger partial charge is 0.319 e. The predicted octanol–water partition coefficient (Wildman–Crippen LogP) is 3.66. The second-order valence-electron chi connectivity index (χ2n) is 4.53. The van der Waals surface area contributed by atoms with Crippen molar-refractivity contribution in [1.29, 1.82) is 0 Å². The number of alkyl halides is 3. The zero-order valence-electron chi connectivity index (χ0n) is 10.8. The summed E-state index contributed by atoms with van der Waals surface area (Å²) >= 11 is 5.91. The molecule has 1 N–H and O–H groups in total. The Morgan fingerprint density at radius 1 is 1.09 bits per heavy atom. The number of rotatable bonds is 1. The lowest BCUT2D eigenvalue weighted by Crippen LogP contribution is -2.06. The highest BCUT2D eigenvalue weighted by Gasteiger charge is 2.31. The summed E-state index contributed by atoms with van der Waals surface area (Å²) in [5.41, 5.74) is 0.458. The van der Waals surface area contributed by atoms with Crippen LogP contribution in [0.5, 0.6) is 0 Å². The van der Waals surface area contributed by atoms with Crippen LogP contribution in [0.2, 0.25) is 5.02 Å². The summed E-state index contributed by atoms with van der Waals surface area (Å²) in [5, 5.41) is -0.112. The fraction of sp³-hybridized carbons (Fsp3) is 0.0714. The van der Waals surface area contributed by atoms with Crippen LogP contribution in [-0.4, -0.2) is 15.0 Å². The highest BCUT2D eigenvalue weighted by atomic mass is 35.5. The van der Waals surface area contributed by atoms with E-state index >= 15 is 0 Å². The molecule has 0 saturated heterocycles. The van der Waals surface area contributed by atoms with E-state index in [2.05, 4.69) is 15.0 Å². The number of fused-ring (bicyclic) bond motifs is 1. The molecule has 8 heteroatoms. The van der Waals surface area contributed by atoms with Crippen LogP contribution >= 0.6 is 11.6 Å². The van der Waals surface area contributed by atoms with Crippen LogP contribution < -0.4 is 5.56 Å². The van der Waals surface area contributed by atoms with E-state index in [1.165, 1.54) is 0 Å². The van der Waals surface area contributed by atoms with Gasteiger partial charge in [-0.15, -0.1) is 0 Å². The Hall–Kier alpha value is -2.41. The van der Waals surface area contributed by atoms with Gasteiger partial charge in [0.1, 0.15) is 0 Å². The molecule has 0 saturated carbocycles. The fourth-order valence-corrected chi connectivity index (χ4v) is 2.27. The minimum Gasteiger partial charge on any atom is -0.319 e. The molecule has 0 fully saturated rings. The third kappa shape index (κ3) is 2.67. The third-order valence-corrected chi connectivity index (χ3v) is 3.31. The molecule has 0 amide bonds. The zero-order chi connectivity index (χ0) is 15.9. The van der Waals surface area contributed by atoms with Crippen molar-refractivity contribution in [3.63, 3.8) is 0 Å². The molecule has 0 aliphatic rings. The SMILES string of the molecule is O=c1cnc2cc(-c3ncc(C(F)(F)F)cc3Cl)ccc2[nH]1. The summed E-state index contributed by atoms with van der Waals surface area (Å²) in [4.78, 5) is 21.5. The second kappa shape index (κ2) is 5.10. The van der Waals surface area contributed by atoms with Crippen molar-refractivity contribution in [1.82, 2.24) is 15.0 Å². The van der Waals surface area contributed by atoms with Gasteiger partial charge in [0.25, 0.3) is 5.56 Å². The molecule has 0 bridgehead atoms. The summed E-state index contributed by atoms with van der Waals surface area (Å²) in [5.74, 6) is 0. The van der Waals surface area contributed by atoms with Crippen LogP contribution in [0.3, 0.4) is 0 Å². The Morgan fingerprint density at radius 3 is 2.55 bits per heavy atom. The van der Waals surface area contributed by atoms with Crippen LogP contribution in [0.25, 0.3) is 22.3 Å². The van der Waals surface area contributed by atoms with Gasteiger partial charge in [-0.25, -0.2) is 4.98 Å². The summed E-state index contributed by atoms with van der Waals surface area (Å²) in [6, 6.07) is 5.61. The number of nitrogens with one attached hydrogen (secondary N) is 1. The molecule has 0 atom stereocenters. The van der Waals surface area contributed by atoms with E-state index in [-0.39, 0.29) is 16.3 Å². The Kier molecular flexibility index (Phi) is 3.37. The van der Waals surface area contributed by atoms with E-state index in [0.29, 0.717) is 16.6 Å². The fourth-order valence-electron chi connectivity index (χ4n) is 1.99. The van der Waals surface area contributed by atoms with Gasteiger partial charge in [0.15, 0.2) is 0 Å². The average molecular weight is 326 g/mol. The molecule has 3 rings (SSSR count). The van der Waals surface area contributed by atoms with Crippen LogP contribution in [0.4, 0.5) is 13.2 Å². The molecule has 3 aromatic rings. The van der Waals surface area contributed by atoms with Crippen molar-refractivity contribution in [3.05, 3.63) is 57.6 Å². The first-order valence-electron chi connectivity index (χ1n) is 6.07. The number of aromatic nitrogens is 3. The molecule has 2 aromatic heterocycles. The number of pyridine rings is 1. The highest BCUT2D eigenvalue weighted by molar-refractivity contribution is 6.33. The van der Waals surface area contributed by atoms with Crippen molar-refractivity contribution in [3.8, 4) is 11.3 Å². The van der Waals surface area contributed by atoms with Crippen molar-refractivity contribution in [2.75, 3.05) is 0 Å². The molecule has 22 heavy (non-hydrogen) atoms. The van der Waals surface area contributed by atoms with Gasteiger partial charge >= 0.3 is 6.18 Å². The normalized spacial score (nSPS) is 11.8. The van der Waals surface area contributed by atoms with Crippen LogP contribution in [0.15, 0.2) is 41.5 Å². The Labute approximate surface area is 126 Å². The summed E-state index contributed by atoms with van der Waals surface area (Å²) in [6.45, 7) is 0. The maximum absolute atomic E-state index is 12.6. The molecule has 0 aliphatic carbocycles. The predicted molar refractivity (Wildman–Crippen MR) is 75.6 cm³/mol. The Morgan fingerprint density at radius 2 is 1.86 bits per heavy atom. The number of halogens is 4. The third-order valence-electron chi connectivity index (χ3n) is 3.02. The molecule has 0 radical (unpaired) electrons. The van der Waals surface area contributed by atoms with E-state index < -0.39 is 11.7 Å². The molecule has 4 nitrogen and oxygen atoms in total. The standard InChI is InChI=1S/C14H7ClF3N3O/c15-9-4-8(14(16,17)18)5-20-13(9)7-1-2-10-11(3-7)19-6-12(22)21-10/h1-6H,(H,21,22). The Balaban J connectivity index is 2.11. The van der Waals surface area contributed by atoms with E-state index in [1.807, 2.05) is 0 Å². The lowest BCUT2D eigenvalue weighted by Gasteiger charge is -2.09. The molecular formula is C14H7ClF3N3O. The van der Waals surface area contributed by atoms with Crippen LogP contribution in [0.1, 0.15) is 5.56 Å². The second-order valence-corrected chi connectivity index (χ2v) is 4.94. The highest BCUT2D eigenvalue weighted by Crippen LogP contribution is 2.34. The van der Waals surface area contributed by atoms with E-state index in [1.54, 1.807) is 18.2 Å². The van der Waals surface area contributed by atoms with E-state index in [9.17, 15) is 18.0 Å². The van der Waals surface area contributed by atoms with Gasteiger partial charge in [-0.3, -0.25) is 9.78 Å². The average Bonchev–Trinajstić information content (AvgIpc) is 2.45. The first-order valence-corrected chi connectivity index (χ1v) is 6.44. The van der Waals surface area contributed by atoms with Crippen molar-refractivity contribution in [2.45, 2.75) is 6.18 Å². The Bertz CT molecular complexity index is 921. The van der Waals surface area contributed by atoms with Gasteiger partial charge in [-0.1, -0.05) is 17.7 Å². The van der Waals surface area contributed by atoms with Crippen molar-refractivity contribution >= 4 is 22.6 Å². The van der Waals surface area contributed by atoms with Crippen molar-refractivity contribution in [2.24, 2.45) is 0 Å². The van der Waals surface area contributed by atoms with Gasteiger partial charge < -0.3 is 4.98 Å². The lowest BCUT2D eigenvalue weighted by atomic mass is 10.1. The molecule has 2 heterocycles. The summed E-state index contributed by atoms with van der Waals surface area (Å²) in [7, 11) is 0. The lowest BCUT2D eigenvalue weighted by molar-refractivity contribution is -0.137. The van der Waals surface area contributed by atoms with Gasteiger partial charge in [-0.05, 0) is 18.2 Å². The zero-order valence-corrected chi connectivity index (χ0v) is 11.5. The van der Waals surface area contributed by atoms with Gasteiger partial charge in [0.05, 0.1) is 33.5 Å². The minimum absolute atomic E-state index is 0.112. The van der Waals surface area contributed by atoms with Gasteiger partial charge in [0.2, 0.25) is 0 Å². The van der Waals surface area contributed by atoms with Crippen molar-refractivity contribution < 1.29 is 13.2 Å². The number of nitrogens with zero attached hydrogens (tertiary/aromatic N) is 2. The molecule has 0 aliphatic heterocycles. The first-order chi connectivity index (χ1) is 10.3. The number of benzene rings is 1. The van der Waals surface area contributed by atoms with Crippen LogP contribution in [0, 0.1) is 0 Å². The number of aromatic amines is 1. The van der Waals surface area contributed by atoms with Gasteiger partial charge in [0, 0.05) is 11.8 Å². The molecule has 112 valence electrons. The minimum atomic E-state index is -4.50. The number of H-pyrrole nitrogens is 1. The molecular weight excluding hydrogens is 319 g/mol. The monoisotopic (exact) mass is 325 g/mol. The topological polar surface area (TPSA) is 58.6 Å². The molecule has 1 aromatic carbocycles. The summed E-state index contributed by atoms with van der Waals surface area (Å²) in [6.07, 6.45) is -2.65. The maximum Gasteiger partial charge on any atom is 0.417 e. The van der Waals surface area contributed by atoms with Crippen LogP contribution in [-0.2, 0) is 6.18 Å². The number of hydrogen-bond acceptors (Lipinski definition) is 3. The largest absolute Gasteiger partial charge is 0.417 e. The number of hydrogen-bond donors (Lipinski definition) is 1. The van der Waals surface area contributed by atoms with E-state index in [4.69, 9.17) is 11.6 Å². The summed E-state index contributed by atoms with van der Waals surface area (Å²) < 4.78 is 37.8. The molecule has 0 spiro atoms. The molecule has 0 unspecified atom stereocenters. The van der Waals surface area contributed by atoms with E-state index in [0.717, 1.165) is 18.5 Å². The maximum atomic E-state index is 12.6. The quantitative estimate of drug-likeness (QED) is 0.743. The first kappa shape index (κ1) is 14.5.